The number of methoxy groups -OCH3 is 1. The van der Waals surface area contributed by atoms with E-state index < -0.39 is 0 Å². The summed E-state index contributed by atoms with van der Waals surface area (Å²) >= 11 is 0. The summed E-state index contributed by atoms with van der Waals surface area (Å²) in [5.41, 5.74) is 2.36. The number of amides is 1. The summed E-state index contributed by atoms with van der Waals surface area (Å²) < 4.78 is 17.0. The van der Waals surface area contributed by atoms with E-state index in [1.54, 1.807) is 13.2 Å². The van der Waals surface area contributed by atoms with Crippen molar-refractivity contribution in [1.82, 2.24) is 10.3 Å². The summed E-state index contributed by atoms with van der Waals surface area (Å²) in [5.74, 6) is 0.721. The maximum atomic E-state index is 12.2. The van der Waals surface area contributed by atoms with Crippen molar-refractivity contribution in [1.29, 1.82) is 0 Å². The van der Waals surface area contributed by atoms with Crippen LogP contribution in [0.1, 0.15) is 24.3 Å². The van der Waals surface area contributed by atoms with Crippen LogP contribution in [0.4, 0.5) is 0 Å². The molecule has 0 atom stereocenters. The molecule has 132 valence electrons. The number of ether oxygens (including phenoxy) is 1. The average molecular weight is 350 g/mol. The highest BCUT2D eigenvalue weighted by atomic mass is 16.5. The minimum atomic E-state index is -0.267. The Balaban J connectivity index is 1.90. The van der Waals surface area contributed by atoms with Crippen LogP contribution in [0.3, 0.4) is 0 Å². The van der Waals surface area contributed by atoms with Gasteiger partial charge in [0.1, 0.15) is 11.8 Å². The summed E-state index contributed by atoms with van der Waals surface area (Å²) in [6.07, 6.45) is 1.37. The number of carbonyl (C=O) groups excluding carboxylic acids is 1. The molecule has 2 aromatic carbocycles. The molecule has 0 bridgehead atoms. The molecule has 26 heavy (non-hydrogen) atoms. The quantitative estimate of drug-likeness (QED) is 0.591. The average Bonchev–Trinajstić information content (AvgIpc) is 3.25. The Hall–Kier alpha value is -3.28. The van der Waals surface area contributed by atoms with Crippen LogP contribution in [0.2, 0.25) is 0 Å². The van der Waals surface area contributed by atoms with Gasteiger partial charge in [-0.1, -0.05) is 18.2 Å². The number of benzene rings is 2. The minimum absolute atomic E-state index is 0.0214. The van der Waals surface area contributed by atoms with Gasteiger partial charge in [-0.05, 0) is 32.0 Å². The van der Waals surface area contributed by atoms with Gasteiger partial charge in [0.25, 0.3) is 5.91 Å². The lowest BCUT2D eigenvalue weighted by Gasteiger charge is -2.05. The van der Waals surface area contributed by atoms with Gasteiger partial charge in [-0.3, -0.25) is 4.79 Å². The molecule has 1 amide bonds. The fourth-order valence-electron chi connectivity index (χ4n) is 2.98. The molecule has 0 saturated heterocycles. The zero-order chi connectivity index (χ0) is 18.3. The summed E-state index contributed by atoms with van der Waals surface area (Å²) in [6.45, 7) is 3.78. The zero-order valence-electron chi connectivity index (χ0n) is 14.7. The van der Waals surface area contributed by atoms with E-state index in [9.17, 15) is 4.79 Å². The number of rotatable bonds is 4. The van der Waals surface area contributed by atoms with Crippen LogP contribution in [0.25, 0.3) is 33.4 Å². The van der Waals surface area contributed by atoms with Crippen LogP contribution in [-0.4, -0.2) is 24.0 Å². The fraction of sp³-hybridized carbons (Fsp3) is 0.200. The Labute approximate surface area is 149 Å². The van der Waals surface area contributed by atoms with Crippen LogP contribution in [0.15, 0.2) is 51.5 Å². The highest BCUT2D eigenvalue weighted by Gasteiger charge is 2.20. The first-order chi connectivity index (χ1) is 12.6. The monoisotopic (exact) mass is 350 g/mol. The molecular formula is C20H18N2O4. The topological polar surface area (TPSA) is 77.5 Å². The number of nitrogens with one attached hydrogen (secondary N) is 1. The largest absolute Gasteiger partial charge is 0.493 e. The van der Waals surface area contributed by atoms with Gasteiger partial charge in [0.2, 0.25) is 5.89 Å². The molecule has 2 aromatic heterocycles. The molecule has 6 heteroatoms. The van der Waals surface area contributed by atoms with E-state index in [0.29, 0.717) is 17.2 Å². The number of carbonyl (C=O) groups is 1. The predicted molar refractivity (Wildman–Crippen MR) is 98.4 cm³/mol. The third-order valence-corrected chi connectivity index (χ3v) is 4.10. The number of nitrogens with zero attached hydrogens (tertiary/aromatic N) is 1. The molecular weight excluding hydrogens is 332 g/mol. The van der Waals surface area contributed by atoms with Crippen LogP contribution in [0.5, 0.6) is 5.75 Å². The van der Waals surface area contributed by atoms with Crippen LogP contribution in [0, 0.1) is 0 Å². The maximum absolute atomic E-state index is 12.2. The molecule has 0 unspecified atom stereocenters. The highest BCUT2D eigenvalue weighted by molar-refractivity contribution is 6.13. The zero-order valence-corrected chi connectivity index (χ0v) is 14.7. The Morgan fingerprint density at radius 1 is 1.19 bits per heavy atom. The van der Waals surface area contributed by atoms with Gasteiger partial charge in [-0.2, -0.15) is 0 Å². The molecule has 0 spiro atoms. The predicted octanol–water partition coefficient (Wildman–Crippen LogP) is 4.39. The Morgan fingerprint density at radius 3 is 2.77 bits per heavy atom. The standard InChI is InChI=1S/C20H18N2O4/c1-11(2)21-19(23)14-10-25-20(22-14)13-8-9-16(24-3)18-17(13)12-6-4-5-7-15(12)26-18/h4-11H,1-3H3,(H,21,23). The van der Waals surface area contributed by atoms with Crippen molar-refractivity contribution >= 4 is 27.8 Å². The molecule has 2 heterocycles. The van der Waals surface area contributed by atoms with Crippen molar-refractivity contribution in [2.24, 2.45) is 0 Å². The first-order valence-electron chi connectivity index (χ1n) is 8.33. The lowest BCUT2D eigenvalue weighted by atomic mass is 10.1. The summed E-state index contributed by atoms with van der Waals surface area (Å²) in [6, 6.07) is 11.4. The number of furan rings is 1. The minimum Gasteiger partial charge on any atom is -0.493 e. The molecule has 0 aliphatic carbocycles. The van der Waals surface area contributed by atoms with Crippen molar-refractivity contribution < 1.29 is 18.4 Å². The van der Waals surface area contributed by atoms with Crippen LogP contribution in [-0.2, 0) is 0 Å². The fourth-order valence-corrected chi connectivity index (χ4v) is 2.98. The molecule has 4 rings (SSSR count). The van der Waals surface area contributed by atoms with Crippen LogP contribution >= 0.6 is 0 Å². The molecule has 0 aliphatic rings. The molecule has 0 saturated carbocycles. The number of hydrogen-bond donors (Lipinski definition) is 1. The van der Waals surface area contributed by atoms with Crippen LogP contribution < -0.4 is 10.1 Å². The van der Waals surface area contributed by atoms with Crippen molar-refractivity contribution in [3.05, 3.63) is 48.4 Å². The molecule has 0 fully saturated rings. The second kappa shape index (κ2) is 6.22. The van der Waals surface area contributed by atoms with E-state index in [0.717, 1.165) is 21.9 Å². The first-order valence-corrected chi connectivity index (χ1v) is 8.33. The van der Waals surface area contributed by atoms with Gasteiger partial charge < -0.3 is 18.9 Å². The Kier molecular flexibility index (Phi) is 3.88. The highest BCUT2D eigenvalue weighted by Crippen LogP contribution is 2.40. The van der Waals surface area contributed by atoms with E-state index >= 15 is 0 Å². The SMILES string of the molecule is COc1ccc(-c2nc(C(=O)NC(C)C)co2)c2c1oc1ccccc12. The van der Waals surface area contributed by atoms with Crippen molar-refractivity contribution in [2.75, 3.05) is 7.11 Å². The van der Waals surface area contributed by atoms with Gasteiger partial charge in [-0.15, -0.1) is 0 Å². The first kappa shape index (κ1) is 16.2. The smallest absolute Gasteiger partial charge is 0.273 e. The van der Waals surface area contributed by atoms with Gasteiger partial charge in [-0.25, -0.2) is 4.98 Å². The molecule has 1 N–H and O–H groups in total. The second-order valence-electron chi connectivity index (χ2n) is 6.28. The number of aromatic nitrogens is 1. The number of hydrogen-bond acceptors (Lipinski definition) is 5. The third-order valence-electron chi connectivity index (χ3n) is 4.10. The molecule has 0 aliphatic heterocycles. The lowest BCUT2D eigenvalue weighted by Crippen LogP contribution is -2.30. The van der Waals surface area contributed by atoms with Gasteiger partial charge in [0, 0.05) is 22.4 Å². The Morgan fingerprint density at radius 2 is 2.00 bits per heavy atom. The van der Waals surface area contributed by atoms with Crippen molar-refractivity contribution in [3.8, 4) is 17.2 Å². The summed E-state index contributed by atoms with van der Waals surface area (Å²) in [7, 11) is 1.60. The van der Waals surface area contributed by atoms with Crippen molar-refractivity contribution in [2.45, 2.75) is 19.9 Å². The number of fused-ring (bicyclic) bond motifs is 3. The molecule has 6 nitrogen and oxygen atoms in total. The van der Waals surface area contributed by atoms with Crippen molar-refractivity contribution in [3.63, 3.8) is 0 Å². The third kappa shape index (κ3) is 2.60. The normalized spacial score (nSPS) is 11.4. The van der Waals surface area contributed by atoms with E-state index in [1.807, 2.05) is 44.2 Å². The second-order valence-corrected chi connectivity index (χ2v) is 6.28. The van der Waals surface area contributed by atoms with Gasteiger partial charge in [0.15, 0.2) is 17.0 Å². The Bertz CT molecular complexity index is 1110. The number of oxazole rings is 1. The van der Waals surface area contributed by atoms with E-state index in [-0.39, 0.29) is 17.6 Å². The van der Waals surface area contributed by atoms with E-state index in [4.69, 9.17) is 13.6 Å². The van der Waals surface area contributed by atoms with Gasteiger partial charge in [0.05, 0.1) is 7.11 Å². The maximum Gasteiger partial charge on any atom is 0.273 e. The van der Waals surface area contributed by atoms with E-state index in [1.165, 1.54) is 6.26 Å². The number of para-hydroxylation sites is 1. The molecule has 4 aromatic rings. The molecule has 0 radical (unpaired) electrons. The van der Waals surface area contributed by atoms with Gasteiger partial charge >= 0.3 is 0 Å². The lowest BCUT2D eigenvalue weighted by molar-refractivity contribution is 0.0938. The summed E-state index contributed by atoms with van der Waals surface area (Å²) in [4.78, 5) is 16.5. The summed E-state index contributed by atoms with van der Waals surface area (Å²) in [5, 5.41) is 4.58. The van der Waals surface area contributed by atoms with E-state index in [2.05, 4.69) is 10.3 Å².